The Hall–Kier alpha value is -2.58. The van der Waals surface area contributed by atoms with Crippen molar-refractivity contribution in [2.24, 2.45) is 10.1 Å². The molecule has 0 heterocycles. The highest BCUT2D eigenvalue weighted by atomic mass is 32.2. The van der Waals surface area contributed by atoms with Crippen LogP contribution in [0.2, 0.25) is 0 Å². The zero-order chi connectivity index (χ0) is 21.3. The molecule has 1 atom stereocenters. The van der Waals surface area contributed by atoms with Gasteiger partial charge in [-0.3, -0.25) is 0 Å². The van der Waals surface area contributed by atoms with Crippen molar-refractivity contribution in [2.75, 3.05) is 19.6 Å². The third kappa shape index (κ3) is 7.75. The SMILES string of the molecule is CCNC(=NCC(C)Oc1ccccc1C)NCCc1ccc(S(N)(=O)=O)cc1. The van der Waals surface area contributed by atoms with Crippen LogP contribution in [-0.4, -0.2) is 40.1 Å². The topological polar surface area (TPSA) is 106 Å². The van der Waals surface area contributed by atoms with E-state index in [0.29, 0.717) is 19.0 Å². The maximum atomic E-state index is 11.3. The van der Waals surface area contributed by atoms with E-state index in [-0.39, 0.29) is 11.0 Å². The number of para-hydroxylation sites is 1. The first-order chi connectivity index (χ1) is 13.8. The van der Waals surface area contributed by atoms with Gasteiger partial charge in [0.2, 0.25) is 10.0 Å². The number of nitrogens with zero attached hydrogens (tertiary/aromatic N) is 1. The number of nitrogens with two attached hydrogens (primary N) is 1. The molecule has 29 heavy (non-hydrogen) atoms. The second-order valence-electron chi connectivity index (χ2n) is 6.78. The van der Waals surface area contributed by atoms with E-state index in [9.17, 15) is 8.42 Å². The molecule has 158 valence electrons. The molecule has 2 aromatic rings. The van der Waals surface area contributed by atoms with Gasteiger partial charge in [-0.15, -0.1) is 0 Å². The summed E-state index contributed by atoms with van der Waals surface area (Å²) >= 11 is 0. The zero-order valence-corrected chi connectivity index (χ0v) is 18.0. The molecule has 4 N–H and O–H groups in total. The highest BCUT2D eigenvalue weighted by Gasteiger charge is 2.08. The first-order valence-electron chi connectivity index (χ1n) is 9.65. The molecule has 2 rings (SSSR count). The van der Waals surface area contributed by atoms with Crippen LogP contribution in [0, 0.1) is 6.92 Å². The lowest BCUT2D eigenvalue weighted by atomic mass is 10.1. The molecule has 0 bridgehead atoms. The van der Waals surface area contributed by atoms with Gasteiger partial charge >= 0.3 is 0 Å². The number of ether oxygens (including phenoxy) is 1. The molecule has 0 aliphatic carbocycles. The van der Waals surface area contributed by atoms with Gasteiger partial charge < -0.3 is 15.4 Å². The number of aliphatic imine (C=N–C) groups is 1. The van der Waals surface area contributed by atoms with E-state index in [1.807, 2.05) is 45.0 Å². The van der Waals surface area contributed by atoms with Crippen LogP contribution in [0.4, 0.5) is 0 Å². The molecule has 7 nitrogen and oxygen atoms in total. The Morgan fingerprint density at radius 2 is 1.83 bits per heavy atom. The van der Waals surface area contributed by atoms with Gasteiger partial charge in [0, 0.05) is 13.1 Å². The largest absolute Gasteiger partial charge is 0.489 e. The van der Waals surface area contributed by atoms with Gasteiger partial charge in [0.05, 0.1) is 11.4 Å². The lowest BCUT2D eigenvalue weighted by molar-refractivity contribution is 0.228. The van der Waals surface area contributed by atoms with Crippen LogP contribution >= 0.6 is 0 Å². The Morgan fingerprint density at radius 3 is 2.45 bits per heavy atom. The third-order valence-corrected chi connectivity index (χ3v) is 5.16. The van der Waals surface area contributed by atoms with Crippen molar-refractivity contribution >= 4 is 16.0 Å². The third-order valence-electron chi connectivity index (χ3n) is 4.23. The Balaban J connectivity index is 1.86. The molecule has 0 saturated heterocycles. The fraction of sp³-hybridized carbons (Fsp3) is 0.381. The molecule has 0 aliphatic rings. The summed E-state index contributed by atoms with van der Waals surface area (Å²) in [4.78, 5) is 4.71. The van der Waals surface area contributed by atoms with Crippen LogP contribution in [0.3, 0.4) is 0 Å². The van der Waals surface area contributed by atoms with E-state index >= 15 is 0 Å². The molecule has 0 aliphatic heterocycles. The maximum absolute atomic E-state index is 11.3. The Morgan fingerprint density at radius 1 is 1.14 bits per heavy atom. The van der Waals surface area contributed by atoms with Crippen LogP contribution < -0.4 is 20.5 Å². The number of nitrogens with one attached hydrogen (secondary N) is 2. The highest BCUT2D eigenvalue weighted by Crippen LogP contribution is 2.17. The molecule has 0 fully saturated rings. The number of hydrogen-bond acceptors (Lipinski definition) is 4. The monoisotopic (exact) mass is 418 g/mol. The minimum Gasteiger partial charge on any atom is -0.489 e. The van der Waals surface area contributed by atoms with Crippen LogP contribution in [-0.2, 0) is 16.4 Å². The number of hydrogen-bond donors (Lipinski definition) is 3. The number of aryl methyl sites for hydroxylation is 1. The molecule has 2 aromatic carbocycles. The Kier molecular flexibility index (Phi) is 8.48. The summed E-state index contributed by atoms with van der Waals surface area (Å²) < 4.78 is 28.6. The quantitative estimate of drug-likeness (QED) is 0.428. The lowest BCUT2D eigenvalue weighted by Crippen LogP contribution is -2.39. The van der Waals surface area contributed by atoms with Gasteiger partial charge in [0.1, 0.15) is 11.9 Å². The standard InChI is InChI=1S/C21H30N4O3S/c1-4-23-21(25-15-17(3)28-20-8-6-5-7-16(20)2)24-14-13-18-9-11-19(12-10-18)29(22,26)27/h5-12,17H,4,13-15H2,1-3H3,(H2,22,26,27)(H2,23,24,25). The number of primary sulfonamides is 1. The van der Waals surface area contributed by atoms with Gasteiger partial charge in [-0.2, -0.15) is 0 Å². The van der Waals surface area contributed by atoms with Crippen molar-refractivity contribution < 1.29 is 13.2 Å². The van der Waals surface area contributed by atoms with Crippen molar-refractivity contribution in [3.05, 3.63) is 59.7 Å². The van der Waals surface area contributed by atoms with Crippen molar-refractivity contribution in [1.82, 2.24) is 10.6 Å². The smallest absolute Gasteiger partial charge is 0.238 e. The molecule has 0 spiro atoms. The zero-order valence-electron chi connectivity index (χ0n) is 17.2. The summed E-state index contributed by atoms with van der Waals surface area (Å²) in [6.45, 7) is 7.96. The van der Waals surface area contributed by atoms with Gasteiger partial charge in [-0.1, -0.05) is 30.3 Å². The number of sulfonamides is 1. The first kappa shape index (κ1) is 22.7. The summed E-state index contributed by atoms with van der Waals surface area (Å²) in [5, 5.41) is 11.6. The molecular formula is C21H30N4O3S. The maximum Gasteiger partial charge on any atom is 0.238 e. The fourth-order valence-corrected chi connectivity index (χ4v) is 3.19. The summed E-state index contributed by atoms with van der Waals surface area (Å²) in [7, 11) is -3.66. The van der Waals surface area contributed by atoms with Gasteiger partial charge in [0.15, 0.2) is 5.96 Å². The van der Waals surface area contributed by atoms with E-state index in [0.717, 1.165) is 29.8 Å². The molecule has 8 heteroatoms. The van der Waals surface area contributed by atoms with Crippen molar-refractivity contribution in [1.29, 1.82) is 0 Å². The molecule has 0 aromatic heterocycles. The fourth-order valence-electron chi connectivity index (χ4n) is 2.68. The van der Waals surface area contributed by atoms with Crippen molar-refractivity contribution in [3.63, 3.8) is 0 Å². The first-order valence-corrected chi connectivity index (χ1v) is 11.2. The minimum absolute atomic E-state index is 0.0580. The Labute approximate surface area is 173 Å². The minimum atomic E-state index is -3.66. The molecule has 0 saturated carbocycles. The van der Waals surface area contributed by atoms with E-state index in [1.165, 1.54) is 12.1 Å². The van der Waals surface area contributed by atoms with Crippen LogP contribution in [0.15, 0.2) is 58.4 Å². The molecule has 0 amide bonds. The van der Waals surface area contributed by atoms with Crippen LogP contribution in [0.1, 0.15) is 25.0 Å². The van der Waals surface area contributed by atoms with Crippen molar-refractivity contribution in [2.45, 2.75) is 38.2 Å². The second-order valence-corrected chi connectivity index (χ2v) is 8.34. The van der Waals surface area contributed by atoms with Gasteiger partial charge in [-0.25, -0.2) is 18.5 Å². The second kappa shape index (κ2) is 10.8. The predicted octanol–water partition coefficient (Wildman–Crippen LogP) is 2.21. The van der Waals surface area contributed by atoms with E-state index in [2.05, 4.69) is 15.6 Å². The summed E-state index contributed by atoms with van der Waals surface area (Å²) in [6, 6.07) is 14.5. The van der Waals surface area contributed by atoms with Crippen LogP contribution in [0.25, 0.3) is 0 Å². The average Bonchev–Trinajstić information content (AvgIpc) is 2.67. The summed E-state index contributed by atoms with van der Waals surface area (Å²) in [5.41, 5.74) is 2.11. The average molecular weight is 419 g/mol. The highest BCUT2D eigenvalue weighted by molar-refractivity contribution is 7.89. The normalized spacial score (nSPS) is 13.0. The Bertz CT molecular complexity index is 912. The molecule has 1 unspecified atom stereocenters. The van der Waals surface area contributed by atoms with E-state index in [1.54, 1.807) is 12.1 Å². The summed E-state index contributed by atoms with van der Waals surface area (Å²) in [6.07, 6.45) is 0.669. The van der Waals surface area contributed by atoms with Crippen molar-refractivity contribution in [3.8, 4) is 5.75 Å². The predicted molar refractivity (Wildman–Crippen MR) is 117 cm³/mol. The van der Waals surface area contributed by atoms with E-state index in [4.69, 9.17) is 9.88 Å². The lowest BCUT2D eigenvalue weighted by Gasteiger charge is -2.16. The van der Waals surface area contributed by atoms with Gasteiger partial charge in [0.25, 0.3) is 0 Å². The number of benzene rings is 2. The molecular weight excluding hydrogens is 388 g/mol. The van der Waals surface area contributed by atoms with Gasteiger partial charge in [-0.05, 0) is 56.5 Å². The summed E-state index contributed by atoms with van der Waals surface area (Å²) in [5.74, 6) is 1.59. The number of rotatable bonds is 9. The van der Waals surface area contributed by atoms with E-state index < -0.39 is 10.0 Å². The number of guanidine groups is 1. The van der Waals surface area contributed by atoms with Crippen LogP contribution in [0.5, 0.6) is 5.75 Å². The molecule has 0 radical (unpaired) electrons.